The van der Waals surface area contributed by atoms with Crippen LogP contribution >= 0.6 is 11.3 Å². The molecule has 0 amide bonds. The van der Waals surface area contributed by atoms with Gasteiger partial charge < -0.3 is 10.6 Å². The van der Waals surface area contributed by atoms with Gasteiger partial charge in [0.15, 0.2) is 0 Å². The van der Waals surface area contributed by atoms with Crippen LogP contribution in [0.2, 0.25) is 0 Å². The van der Waals surface area contributed by atoms with Crippen molar-refractivity contribution >= 4 is 16.3 Å². The quantitative estimate of drug-likeness (QED) is 0.662. The summed E-state index contributed by atoms with van der Waals surface area (Å²) in [5.74, 6) is 0. The number of nitro groups is 1. The first kappa shape index (κ1) is 15.4. The summed E-state index contributed by atoms with van der Waals surface area (Å²) in [6, 6.07) is 3.85. The van der Waals surface area contributed by atoms with Crippen LogP contribution in [-0.2, 0) is 6.54 Å². The molecule has 6 heteroatoms. The Kier molecular flexibility index (Phi) is 4.18. The molecule has 0 spiro atoms. The molecule has 0 bridgehead atoms. The van der Waals surface area contributed by atoms with E-state index in [0.717, 1.165) is 17.7 Å². The van der Waals surface area contributed by atoms with Crippen molar-refractivity contribution in [3.63, 3.8) is 0 Å². The fourth-order valence-corrected chi connectivity index (χ4v) is 4.04. The number of nitrogens with one attached hydrogen (secondary N) is 2. The van der Waals surface area contributed by atoms with E-state index < -0.39 is 0 Å². The first-order valence-electron chi connectivity index (χ1n) is 6.93. The van der Waals surface area contributed by atoms with Crippen LogP contribution in [0, 0.1) is 10.1 Å². The fraction of sp³-hybridized carbons (Fsp3) is 0.714. The average Bonchev–Trinajstić information content (AvgIpc) is 2.70. The summed E-state index contributed by atoms with van der Waals surface area (Å²) in [7, 11) is 0. The minimum Gasteiger partial charge on any atom is -0.309 e. The van der Waals surface area contributed by atoms with Crippen molar-refractivity contribution in [3.05, 3.63) is 27.1 Å². The summed E-state index contributed by atoms with van der Waals surface area (Å²) < 4.78 is 0. The smallest absolute Gasteiger partial charge is 0.309 e. The van der Waals surface area contributed by atoms with Crippen molar-refractivity contribution in [1.29, 1.82) is 0 Å². The van der Waals surface area contributed by atoms with Crippen molar-refractivity contribution in [3.8, 4) is 0 Å². The molecule has 0 radical (unpaired) electrons. The summed E-state index contributed by atoms with van der Waals surface area (Å²) in [6.45, 7) is 9.59. The van der Waals surface area contributed by atoms with Gasteiger partial charge in [0.2, 0.25) is 0 Å². The lowest BCUT2D eigenvalue weighted by Gasteiger charge is -2.46. The van der Waals surface area contributed by atoms with Crippen LogP contribution in [-0.4, -0.2) is 22.0 Å². The van der Waals surface area contributed by atoms with Crippen molar-refractivity contribution in [1.82, 2.24) is 10.6 Å². The van der Waals surface area contributed by atoms with Gasteiger partial charge in [-0.1, -0.05) is 11.3 Å². The Morgan fingerprint density at radius 2 is 1.95 bits per heavy atom. The highest BCUT2D eigenvalue weighted by atomic mass is 32.1. The number of hydrogen-bond donors (Lipinski definition) is 2. The summed E-state index contributed by atoms with van der Waals surface area (Å²) in [5.41, 5.74) is 0.224. The maximum Gasteiger partial charge on any atom is 0.324 e. The van der Waals surface area contributed by atoms with Crippen molar-refractivity contribution < 1.29 is 4.92 Å². The summed E-state index contributed by atoms with van der Waals surface area (Å²) in [6.07, 6.45) is 2.12. The van der Waals surface area contributed by atoms with Crippen LogP contribution in [0.5, 0.6) is 0 Å². The van der Waals surface area contributed by atoms with Crippen molar-refractivity contribution in [2.75, 3.05) is 0 Å². The monoisotopic (exact) mass is 297 g/mol. The van der Waals surface area contributed by atoms with Crippen LogP contribution in [0.15, 0.2) is 12.1 Å². The lowest BCUT2D eigenvalue weighted by atomic mass is 9.79. The van der Waals surface area contributed by atoms with E-state index in [-0.39, 0.29) is 21.0 Å². The molecule has 5 nitrogen and oxygen atoms in total. The van der Waals surface area contributed by atoms with Gasteiger partial charge in [-0.15, -0.1) is 0 Å². The maximum absolute atomic E-state index is 10.7. The third kappa shape index (κ3) is 4.01. The topological polar surface area (TPSA) is 67.2 Å². The van der Waals surface area contributed by atoms with E-state index in [2.05, 4.69) is 38.3 Å². The van der Waals surface area contributed by atoms with E-state index in [1.807, 2.05) is 6.07 Å². The lowest BCUT2D eigenvalue weighted by molar-refractivity contribution is -0.380. The molecule has 2 rings (SSSR count). The van der Waals surface area contributed by atoms with E-state index >= 15 is 0 Å². The normalized spacial score (nSPS) is 21.8. The van der Waals surface area contributed by atoms with Gasteiger partial charge in [0.1, 0.15) is 0 Å². The Hall–Kier alpha value is -0.980. The average molecular weight is 297 g/mol. The molecular weight excluding hydrogens is 274 g/mol. The molecule has 112 valence electrons. The lowest BCUT2D eigenvalue weighted by Crippen LogP contribution is -2.61. The first-order chi connectivity index (χ1) is 9.17. The minimum absolute atomic E-state index is 0.112. The molecule has 2 heterocycles. The molecule has 0 saturated carbocycles. The zero-order chi connectivity index (χ0) is 15.0. The molecule has 1 aromatic heterocycles. The molecule has 0 aliphatic carbocycles. The van der Waals surface area contributed by atoms with Crippen LogP contribution < -0.4 is 10.6 Å². The zero-order valence-electron chi connectivity index (χ0n) is 12.5. The van der Waals surface area contributed by atoms with Gasteiger partial charge in [0.25, 0.3) is 0 Å². The van der Waals surface area contributed by atoms with Gasteiger partial charge in [-0.25, -0.2) is 0 Å². The molecule has 1 saturated heterocycles. The van der Waals surface area contributed by atoms with Crippen LogP contribution in [0.4, 0.5) is 5.00 Å². The summed E-state index contributed by atoms with van der Waals surface area (Å²) >= 11 is 1.25. The van der Waals surface area contributed by atoms with E-state index in [9.17, 15) is 10.1 Å². The Labute approximate surface area is 123 Å². The molecule has 1 aliphatic heterocycles. The van der Waals surface area contributed by atoms with Gasteiger partial charge in [-0.2, -0.15) is 0 Å². The van der Waals surface area contributed by atoms with Crippen molar-refractivity contribution in [2.24, 2.45) is 0 Å². The fourth-order valence-electron chi connectivity index (χ4n) is 3.27. The Bertz CT molecular complexity index is 480. The Balaban J connectivity index is 1.94. The highest BCUT2D eigenvalue weighted by molar-refractivity contribution is 7.15. The molecule has 0 atom stereocenters. The summed E-state index contributed by atoms with van der Waals surface area (Å²) in [4.78, 5) is 11.4. The highest BCUT2D eigenvalue weighted by Crippen LogP contribution is 2.29. The number of thiophene rings is 1. The first-order valence-corrected chi connectivity index (χ1v) is 7.74. The number of piperidine rings is 1. The van der Waals surface area contributed by atoms with Gasteiger partial charge >= 0.3 is 5.00 Å². The summed E-state index contributed by atoms with van der Waals surface area (Å²) in [5, 5.41) is 18.1. The molecular formula is C14H23N3O2S. The van der Waals surface area contributed by atoms with E-state index in [1.54, 1.807) is 6.07 Å². The predicted molar refractivity (Wildman–Crippen MR) is 82.1 cm³/mol. The third-order valence-corrected chi connectivity index (χ3v) is 4.62. The van der Waals surface area contributed by atoms with E-state index in [4.69, 9.17) is 0 Å². The van der Waals surface area contributed by atoms with Crippen LogP contribution in [0.25, 0.3) is 0 Å². The number of hydrogen-bond acceptors (Lipinski definition) is 5. The molecule has 1 aliphatic rings. The SMILES string of the molecule is CC1(C)CC(NCc2ccc([N+](=O)[O-])s2)CC(C)(C)N1. The number of nitrogens with zero attached hydrogens (tertiary/aromatic N) is 1. The number of rotatable bonds is 4. The zero-order valence-corrected chi connectivity index (χ0v) is 13.3. The molecule has 1 aromatic rings. The predicted octanol–water partition coefficient (Wildman–Crippen LogP) is 3.06. The van der Waals surface area contributed by atoms with Gasteiger partial charge in [-0.3, -0.25) is 10.1 Å². The van der Waals surface area contributed by atoms with Crippen LogP contribution in [0.1, 0.15) is 45.4 Å². The standard InChI is InChI=1S/C14H23N3O2S/c1-13(2)7-10(8-14(3,4)16-13)15-9-11-5-6-12(20-11)17(18)19/h5-6,10,15-16H,7-9H2,1-4H3. The maximum atomic E-state index is 10.7. The second-order valence-electron chi connectivity index (χ2n) is 6.88. The third-order valence-electron chi connectivity index (χ3n) is 3.58. The molecule has 20 heavy (non-hydrogen) atoms. The van der Waals surface area contributed by atoms with Crippen LogP contribution in [0.3, 0.4) is 0 Å². The van der Waals surface area contributed by atoms with Gasteiger partial charge in [0.05, 0.1) is 4.92 Å². The molecule has 0 unspecified atom stereocenters. The van der Waals surface area contributed by atoms with Gasteiger partial charge in [0, 0.05) is 34.6 Å². The Morgan fingerprint density at radius 3 is 2.45 bits per heavy atom. The Morgan fingerprint density at radius 1 is 1.35 bits per heavy atom. The minimum atomic E-state index is -0.328. The van der Waals surface area contributed by atoms with E-state index in [0.29, 0.717) is 12.6 Å². The molecule has 2 N–H and O–H groups in total. The molecule has 0 aromatic carbocycles. The second-order valence-corrected chi connectivity index (χ2v) is 8.02. The highest BCUT2D eigenvalue weighted by Gasteiger charge is 2.37. The van der Waals surface area contributed by atoms with E-state index in [1.165, 1.54) is 11.3 Å². The largest absolute Gasteiger partial charge is 0.324 e. The second kappa shape index (κ2) is 5.42. The molecule has 1 fully saturated rings. The van der Waals surface area contributed by atoms with Gasteiger partial charge in [-0.05, 0) is 46.6 Å². The van der Waals surface area contributed by atoms with Crippen molar-refractivity contribution in [2.45, 2.75) is 64.2 Å².